The number of carbonyl (C=O) groups excluding carboxylic acids is 2. The maximum Gasteiger partial charge on any atom is 0.251 e. The molecule has 3 aliphatic heterocycles. The van der Waals surface area contributed by atoms with Gasteiger partial charge in [0.1, 0.15) is 5.58 Å². The van der Waals surface area contributed by atoms with Crippen LogP contribution in [0.2, 0.25) is 0 Å². The van der Waals surface area contributed by atoms with Crippen molar-refractivity contribution >= 4 is 22.7 Å². The number of hydrogen-bond donors (Lipinski definition) is 1. The molecule has 3 saturated heterocycles. The first-order valence-corrected chi connectivity index (χ1v) is 11.8. The van der Waals surface area contributed by atoms with Crippen LogP contribution in [0.25, 0.3) is 22.1 Å². The fourth-order valence-electron chi connectivity index (χ4n) is 5.41. The van der Waals surface area contributed by atoms with Crippen LogP contribution < -0.4 is 5.32 Å². The summed E-state index contributed by atoms with van der Waals surface area (Å²) in [5.74, 6) is 1.64. The zero-order valence-electron chi connectivity index (χ0n) is 18.2. The van der Waals surface area contributed by atoms with E-state index in [0.717, 1.165) is 35.9 Å². The molecule has 2 bridgehead atoms. The van der Waals surface area contributed by atoms with Crippen molar-refractivity contribution < 1.29 is 14.0 Å². The third kappa shape index (κ3) is 3.75. The summed E-state index contributed by atoms with van der Waals surface area (Å²) >= 11 is 0. The lowest BCUT2D eigenvalue weighted by atomic mass is 9.76. The van der Waals surface area contributed by atoms with Crippen molar-refractivity contribution in [3.63, 3.8) is 0 Å². The Morgan fingerprint density at radius 2 is 1.81 bits per heavy atom. The Bertz CT molecular complexity index is 1180. The average Bonchev–Trinajstić information content (AvgIpc) is 3.53. The second kappa shape index (κ2) is 7.89. The molecule has 2 aromatic carbocycles. The highest BCUT2D eigenvalue weighted by atomic mass is 16.3. The maximum atomic E-state index is 13.1. The Labute approximate surface area is 187 Å². The van der Waals surface area contributed by atoms with Crippen molar-refractivity contribution in [3.05, 3.63) is 59.9 Å². The van der Waals surface area contributed by atoms with Gasteiger partial charge in [-0.2, -0.15) is 0 Å². The minimum Gasteiger partial charge on any atom is -0.452 e. The minimum absolute atomic E-state index is 0.0330. The van der Waals surface area contributed by atoms with Crippen LogP contribution in [-0.4, -0.2) is 42.3 Å². The van der Waals surface area contributed by atoms with Gasteiger partial charge in [0.25, 0.3) is 5.91 Å². The average molecular weight is 429 g/mol. The first-order valence-electron chi connectivity index (χ1n) is 11.8. The molecule has 0 unspecified atom stereocenters. The molecule has 0 spiro atoms. The number of Topliss-reactive ketones (excluding diaryl/α,β-unsaturated/α-hetero) is 1. The number of piperidine rings is 3. The highest BCUT2D eigenvalue weighted by Crippen LogP contribution is 2.36. The summed E-state index contributed by atoms with van der Waals surface area (Å²) in [7, 11) is 0. The van der Waals surface area contributed by atoms with Crippen molar-refractivity contribution in [2.75, 3.05) is 19.6 Å². The van der Waals surface area contributed by atoms with Crippen LogP contribution in [0, 0.1) is 11.8 Å². The topological polar surface area (TPSA) is 62.6 Å². The van der Waals surface area contributed by atoms with Gasteiger partial charge in [-0.1, -0.05) is 30.3 Å². The monoisotopic (exact) mass is 428 g/mol. The third-order valence-corrected chi connectivity index (χ3v) is 7.41. The van der Waals surface area contributed by atoms with E-state index in [0.29, 0.717) is 41.2 Å². The van der Waals surface area contributed by atoms with E-state index in [1.807, 2.05) is 48.5 Å². The lowest BCUT2D eigenvalue weighted by Gasteiger charge is -2.44. The van der Waals surface area contributed by atoms with Gasteiger partial charge in [-0.25, -0.2) is 0 Å². The van der Waals surface area contributed by atoms with Gasteiger partial charge in [-0.3, -0.25) is 9.59 Å². The number of para-hydroxylation sites is 1. The quantitative estimate of drug-likeness (QED) is 0.567. The van der Waals surface area contributed by atoms with Crippen LogP contribution in [0.1, 0.15) is 53.0 Å². The van der Waals surface area contributed by atoms with Crippen molar-refractivity contribution in [2.24, 2.45) is 11.8 Å². The Hall–Kier alpha value is -2.92. The molecule has 164 valence electrons. The predicted molar refractivity (Wildman–Crippen MR) is 124 cm³/mol. The molecule has 4 aliphatic rings. The molecular formula is C27H28N2O3. The van der Waals surface area contributed by atoms with E-state index in [2.05, 4.69) is 10.2 Å². The molecule has 32 heavy (non-hydrogen) atoms. The van der Waals surface area contributed by atoms with E-state index in [-0.39, 0.29) is 11.7 Å². The van der Waals surface area contributed by atoms with Crippen LogP contribution >= 0.6 is 0 Å². The summed E-state index contributed by atoms with van der Waals surface area (Å²) in [6.07, 6.45) is 5.12. The van der Waals surface area contributed by atoms with Gasteiger partial charge in [0, 0.05) is 35.5 Å². The highest BCUT2D eigenvalue weighted by Gasteiger charge is 2.35. The van der Waals surface area contributed by atoms with Crippen LogP contribution in [0.15, 0.2) is 52.9 Å². The van der Waals surface area contributed by atoms with E-state index in [9.17, 15) is 9.59 Å². The summed E-state index contributed by atoms with van der Waals surface area (Å²) in [4.78, 5) is 28.1. The molecule has 4 heterocycles. The standard InChI is InChI=1S/C27H28N2O3/c30-24(14-21-16-29-11-9-17(21)10-12-29)25-15-19-4-2-6-23(26(19)32-25)18-3-1-5-20(13-18)27(31)28-22-7-8-22/h1-6,13,15,17,21-22H,7-12,14,16H2,(H,28,31)/t21-/m0/s1. The van der Waals surface area contributed by atoms with Gasteiger partial charge < -0.3 is 14.6 Å². The summed E-state index contributed by atoms with van der Waals surface area (Å²) in [6.45, 7) is 3.40. The summed E-state index contributed by atoms with van der Waals surface area (Å²) < 4.78 is 6.15. The van der Waals surface area contributed by atoms with Crippen molar-refractivity contribution in [3.8, 4) is 11.1 Å². The number of nitrogens with one attached hydrogen (secondary N) is 1. The molecule has 0 radical (unpaired) electrons. The zero-order chi connectivity index (χ0) is 21.7. The molecule has 1 amide bonds. The SMILES string of the molecule is O=C(NC1CC1)c1cccc(-c2cccc3cc(C(=O)C[C@H]4CN5CCC4CC5)oc23)c1. The number of benzene rings is 2. The fraction of sp³-hybridized carbons (Fsp3) is 0.407. The summed E-state index contributed by atoms with van der Waals surface area (Å²) in [5, 5.41) is 3.97. The van der Waals surface area contributed by atoms with E-state index in [1.165, 1.54) is 25.9 Å². The number of furan rings is 1. The number of rotatable bonds is 6. The Kier molecular flexibility index (Phi) is 4.87. The largest absolute Gasteiger partial charge is 0.452 e. The van der Waals surface area contributed by atoms with Crippen LogP contribution in [0.3, 0.4) is 0 Å². The van der Waals surface area contributed by atoms with Crippen molar-refractivity contribution in [1.29, 1.82) is 0 Å². The molecule has 1 aromatic heterocycles. The molecular weight excluding hydrogens is 400 g/mol. The number of fused-ring (bicyclic) bond motifs is 4. The van der Waals surface area contributed by atoms with E-state index < -0.39 is 0 Å². The fourth-order valence-corrected chi connectivity index (χ4v) is 5.41. The number of ketones is 1. The summed E-state index contributed by atoms with van der Waals surface area (Å²) in [6, 6.07) is 15.8. The second-order valence-corrected chi connectivity index (χ2v) is 9.69. The van der Waals surface area contributed by atoms with E-state index in [1.54, 1.807) is 0 Å². The minimum atomic E-state index is -0.0330. The molecule has 7 rings (SSSR count). The van der Waals surface area contributed by atoms with Crippen LogP contribution in [0.4, 0.5) is 0 Å². The predicted octanol–water partition coefficient (Wildman–Crippen LogP) is 4.91. The van der Waals surface area contributed by atoms with Gasteiger partial charge in [-0.15, -0.1) is 0 Å². The maximum absolute atomic E-state index is 13.1. The lowest BCUT2D eigenvalue weighted by Crippen LogP contribution is -2.47. The highest BCUT2D eigenvalue weighted by molar-refractivity contribution is 6.02. The summed E-state index contributed by atoms with van der Waals surface area (Å²) in [5.41, 5.74) is 3.19. The molecule has 3 aromatic rings. The van der Waals surface area contributed by atoms with E-state index >= 15 is 0 Å². The molecule has 5 heteroatoms. The van der Waals surface area contributed by atoms with Crippen LogP contribution in [-0.2, 0) is 0 Å². The number of hydrogen-bond acceptors (Lipinski definition) is 4. The number of carbonyl (C=O) groups is 2. The van der Waals surface area contributed by atoms with E-state index in [4.69, 9.17) is 4.42 Å². The van der Waals surface area contributed by atoms with Crippen molar-refractivity contribution in [2.45, 2.75) is 38.1 Å². The van der Waals surface area contributed by atoms with Gasteiger partial charge in [0.15, 0.2) is 11.5 Å². The molecule has 1 atom stereocenters. The number of nitrogens with zero attached hydrogens (tertiary/aromatic N) is 1. The van der Waals surface area contributed by atoms with Gasteiger partial charge in [-0.05, 0) is 74.4 Å². The molecule has 1 N–H and O–H groups in total. The molecule has 1 aliphatic carbocycles. The second-order valence-electron chi connectivity index (χ2n) is 9.69. The van der Waals surface area contributed by atoms with Gasteiger partial charge >= 0.3 is 0 Å². The van der Waals surface area contributed by atoms with Crippen molar-refractivity contribution in [1.82, 2.24) is 10.2 Å². The lowest BCUT2D eigenvalue weighted by molar-refractivity contribution is 0.0433. The molecule has 4 fully saturated rings. The first kappa shape index (κ1) is 19.7. The Morgan fingerprint density at radius 1 is 1.00 bits per heavy atom. The molecule has 5 nitrogen and oxygen atoms in total. The Morgan fingerprint density at radius 3 is 2.56 bits per heavy atom. The smallest absolute Gasteiger partial charge is 0.251 e. The third-order valence-electron chi connectivity index (χ3n) is 7.41. The number of amides is 1. The van der Waals surface area contributed by atoms with Gasteiger partial charge in [0.2, 0.25) is 0 Å². The van der Waals surface area contributed by atoms with Gasteiger partial charge in [0.05, 0.1) is 0 Å². The first-order chi connectivity index (χ1) is 15.6. The Balaban J connectivity index is 1.27. The normalized spacial score (nSPS) is 24.6. The molecule has 1 saturated carbocycles. The zero-order valence-corrected chi connectivity index (χ0v) is 18.2. The van der Waals surface area contributed by atoms with Crippen LogP contribution in [0.5, 0.6) is 0 Å².